The van der Waals surface area contributed by atoms with E-state index in [2.05, 4.69) is 63.2 Å². The van der Waals surface area contributed by atoms with Crippen molar-refractivity contribution in [1.29, 1.82) is 0 Å². The summed E-state index contributed by atoms with van der Waals surface area (Å²) >= 11 is 0. The molecule has 0 aromatic heterocycles. The van der Waals surface area contributed by atoms with Crippen molar-refractivity contribution in [1.82, 2.24) is 53.2 Å². The predicted molar refractivity (Wildman–Crippen MR) is 367 cm³/mol. The molecule has 4 rings (SSSR count). The van der Waals surface area contributed by atoms with Crippen LogP contribution >= 0.6 is 0 Å². The Morgan fingerprint density at radius 1 is 0.459 bits per heavy atom. The maximum absolute atomic E-state index is 14.2. The number of hydrogen-bond acceptors (Lipinski definition) is 31. The van der Waals surface area contributed by atoms with Crippen LogP contribution in [-0.4, -0.2) is 334 Å². The van der Waals surface area contributed by atoms with Crippen LogP contribution in [0, 0.1) is 0 Å². The van der Waals surface area contributed by atoms with Gasteiger partial charge < -0.3 is 153 Å². The van der Waals surface area contributed by atoms with Crippen molar-refractivity contribution < 1.29 is 151 Å². The van der Waals surface area contributed by atoms with Gasteiger partial charge in [-0.05, 0) is 84.7 Å². The van der Waals surface area contributed by atoms with Crippen LogP contribution in [0.2, 0.25) is 0 Å². The van der Waals surface area contributed by atoms with Crippen LogP contribution < -0.4 is 58.9 Å². The van der Waals surface area contributed by atoms with Gasteiger partial charge in [-0.2, -0.15) is 0 Å². The number of ether oxygens (including phenoxy) is 9. The molecule has 0 spiro atoms. The van der Waals surface area contributed by atoms with Crippen molar-refractivity contribution in [3.8, 4) is 0 Å². The summed E-state index contributed by atoms with van der Waals surface area (Å²) in [6.07, 6.45) is -32.1. The molecule has 0 radical (unpaired) electrons. The van der Waals surface area contributed by atoms with Gasteiger partial charge in [0.15, 0.2) is 25.2 Å². The second-order valence-electron chi connectivity index (χ2n) is 26.5. The molecule has 0 saturated carbocycles. The maximum atomic E-state index is 14.2. The van der Waals surface area contributed by atoms with E-state index in [1.165, 1.54) is 27.7 Å². The number of hydrogen-bond donors (Lipinski definition) is 21. The average molecular weight is 1570 g/mol. The van der Waals surface area contributed by atoms with Gasteiger partial charge in [0.25, 0.3) is 0 Å². The summed E-state index contributed by atoms with van der Waals surface area (Å²) < 4.78 is 55.8. The molecule has 4 heterocycles. The quantitative estimate of drug-likeness (QED) is 0.0117. The molecule has 109 heavy (non-hydrogen) atoms. The van der Waals surface area contributed by atoms with Gasteiger partial charge >= 0.3 is 11.9 Å². The van der Waals surface area contributed by atoms with Gasteiger partial charge in [-0.25, -0.2) is 9.59 Å². The minimum Gasteiger partial charge on any atom is -0.480 e. The minimum atomic E-state index is -2.17. The summed E-state index contributed by atoms with van der Waals surface area (Å²) in [6.45, 7) is 5.05. The molecule has 0 aromatic carbocycles. The normalized spacial score (nSPS) is 29.8. The maximum Gasteiger partial charge on any atom is 0.326 e. The van der Waals surface area contributed by atoms with Crippen molar-refractivity contribution in [2.45, 2.75) is 279 Å². The number of carbonyl (C=O) groups is 12. The van der Waals surface area contributed by atoms with Crippen LogP contribution in [0.1, 0.15) is 120 Å². The Balaban J connectivity index is 1.65. The summed E-state index contributed by atoms with van der Waals surface area (Å²) in [5.41, 5.74) is 13.9. The molecule has 620 valence electrons. The topological polar surface area (TPSA) is 685 Å². The molecule has 0 bridgehead atoms. The summed E-state index contributed by atoms with van der Waals surface area (Å²) in [7, 11) is 0. The Bertz CT molecular complexity index is 3060. The number of nitrogens with one attached hydrogen (secondary N) is 10. The van der Waals surface area contributed by atoms with Crippen LogP contribution in [0.3, 0.4) is 0 Å². The highest BCUT2D eigenvalue weighted by Crippen LogP contribution is 2.37. The first kappa shape index (κ1) is 93.6. The van der Waals surface area contributed by atoms with Gasteiger partial charge in [0.2, 0.25) is 59.1 Å². The molecular weight excluding hydrogens is 1460 g/mol. The highest BCUT2D eigenvalue weighted by atomic mass is 16.8. The summed E-state index contributed by atoms with van der Waals surface area (Å²) in [6, 6.07) is -12.1. The van der Waals surface area contributed by atoms with Crippen LogP contribution in [0.5, 0.6) is 0 Å². The number of aliphatic carboxylic acids is 2. The highest BCUT2D eigenvalue weighted by Gasteiger charge is 2.58. The number of nitrogens with two attached hydrogens (primary N) is 1. The van der Waals surface area contributed by atoms with E-state index >= 15 is 0 Å². The summed E-state index contributed by atoms with van der Waals surface area (Å²) in [5, 5.41) is 136. The molecule has 4 saturated heterocycles. The lowest BCUT2D eigenvalue weighted by molar-refractivity contribution is -0.365. The molecule has 3 unspecified atom stereocenters. The molecule has 45 heteroatoms. The number of rotatable bonds is 45. The molecule has 10 amide bonds. The number of unbranched alkanes of at least 4 members (excludes halogenated alkanes) is 2. The number of carboxylic acid groups (broad SMARTS) is 2. The molecule has 0 aliphatic carbocycles. The lowest BCUT2D eigenvalue weighted by atomic mass is 9.92. The van der Waals surface area contributed by atoms with Crippen molar-refractivity contribution in [2.75, 3.05) is 52.6 Å². The molecule has 4 aliphatic heterocycles. The first-order chi connectivity index (χ1) is 51.6. The third-order valence-corrected chi connectivity index (χ3v) is 17.8. The number of aliphatic hydroxyl groups excluding tert-OH is 8. The van der Waals surface area contributed by atoms with Crippen LogP contribution in [0.25, 0.3) is 10.4 Å². The summed E-state index contributed by atoms with van der Waals surface area (Å²) in [4.78, 5) is 158. The fourth-order valence-electron chi connectivity index (χ4n) is 12.2. The van der Waals surface area contributed by atoms with Gasteiger partial charge in [-0.3, -0.25) is 47.9 Å². The predicted octanol–water partition coefficient (Wildman–Crippen LogP) is -8.80. The molecule has 26 atom stereocenters. The zero-order valence-electron chi connectivity index (χ0n) is 61.7. The number of aliphatic hydroxyl groups is 8. The second-order valence-corrected chi connectivity index (χ2v) is 26.5. The first-order valence-corrected chi connectivity index (χ1v) is 35.6. The monoisotopic (exact) mass is 1570 g/mol. The van der Waals surface area contributed by atoms with E-state index < -0.39 is 256 Å². The molecule has 45 nitrogen and oxygen atoms in total. The third-order valence-electron chi connectivity index (χ3n) is 17.8. The molecule has 22 N–H and O–H groups in total. The van der Waals surface area contributed by atoms with E-state index in [0.717, 1.165) is 27.7 Å². The van der Waals surface area contributed by atoms with E-state index in [1.807, 2.05) is 0 Å². The van der Waals surface area contributed by atoms with E-state index in [1.54, 1.807) is 0 Å². The van der Waals surface area contributed by atoms with Crippen molar-refractivity contribution >= 4 is 71.0 Å². The average Bonchev–Trinajstić information content (AvgIpc) is 0.765. The number of carbonyl (C=O) groups excluding carboxylic acids is 10. The van der Waals surface area contributed by atoms with E-state index in [-0.39, 0.29) is 58.2 Å². The molecule has 4 aliphatic rings. The Morgan fingerprint density at radius 3 is 1.26 bits per heavy atom. The molecule has 4 fully saturated rings. The van der Waals surface area contributed by atoms with Gasteiger partial charge in [0.05, 0.1) is 26.4 Å². The third kappa shape index (κ3) is 29.1. The van der Waals surface area contributed by atoms with Gasteiger partial charge in [-0.15, -0.1) is 0 Å². The Kier molecular flexibility index (Phi) is 40.2. The van der Waals surface area contributed by atoms with Crippen molar-refractivity contribution in [3.05, 3.63) is 10.4 Å². The number of azide groups is 1. The Morgan fingerprint density at radius 2 is 0.835 bits per heavy atom. The van der Waals surface area contributed by atoms with Crippen molar-refractivity contribution in [2.24, 2.45) is 10.8 Å². The molecule has 0 aromatic rings. The highest BCUT2D eigenvalue weighted by molar-refractivity contribution is 5.90. The summed E-state index contributed by atoms with van der Waals surface area (Å²) in [5.74, 6) is -10.7. The van der Waals surface area contributed by atoms with Gasteiger partial charge in [0, 0.05) is 65.1 Å². The van der Waals surface area contributed by atoms with Gasteiger partial charge in [-0.1, -0.05) is 11.5 Å². The SMILES string of the molecule is CC(=O)N[C@H]1[C@H](OC2[C@@H](CO)OC(O)[C@H](NC(C)=O)[C@H]2O[C@H](C)C(=O)N[C@@H](C)C(=O)NCCCC(=O)N[C@@H](CCCCN=[N+]=[N-])C(=O)O)O[C@H](CO)[C@@H](O[C@@H]2O[C@H](CO)C(O[C@@H]3O[C@H](CO)[C@@H](O)[C@H](O)[C@H]3NC(C)=O)[C@H](O[C@H](C)C(=O)N[C@@H](C)C(=O)NCCCC(=O)N[C@@H](CCCCN)C(=O)O)[C@H]2NC(C)=O)[C@@H]1O. The van der Waals surface area contributed by atoms with E-state index in [0.29, 0.717) is 32.2 Å². The van der Waals surface area contributed by atoms with Crippen molar-refractivity contribution in [3.63, 3.8) is 0 Å². The van der Waals surface area contributed by atoms with Crippen LogP contribution in [0.15, 0.2) is 5.11 Å². The Hall–Kier alpha value is -7.77. The number of nitrogens with zero attached hydrogens (tertiary/aromatic N) is 3. The molecular formula is C64H108N14O31. The lowest BCUT2D eigenvalue weighted by Gasteiger charge is -2.52. The van der Waals surface area contributed by atoms with E-state index in [4.69, 9.17) is 53.9 Å². The second kappa shape index (κ2) is 46.8. The van der Waals surface area contributed by atoms with E-state index in [9.17, 15) is 109 Å². The largest absolute Gasteiger partial charge is 0.480 e. The lowest BCUT2D eigenvalue weighted by Crippen LogP contribution is -2.72. The smallest absolute Gasteiger partial charge is 0.326 e. The van der Waals surface area contributed by atoms with Crippen LogP contribution in [-0.2, 0) is 100 Å². The minimum absolute atomic E-state index is 0.0351. The standard InChI is InChI=1S/C64H108N14O31/c1-27(55(92)67-21-14-18-42(88)77-36(60(98)99)16-10-12-22-69-78-66)70-57(94)29(3)101-53-45(74-33(7)85)61(100)103-39(25-81)51(53)108-63-44(73-32(6)84)49(91)50(38(24-80)105-63)107-64-46(75-34(8)86)54(52(40(26-82)106-64)109-62-43(72-31(5)83)48(90)47(89)37(23-79)104-62)102-30(4)58(95)71-28(2)56(93)68-20-13-17-41(87)76-35(59(96)97)15-9-11-19-65/h27-30,35-40,43-54,61-64,79-82,89-91,100H,9-26,65H2,1-8H3,(H,67,92)(H,68,93)(H,70,94)(H,71,95)(H,72,83)(H,73,84)(H,74,85)(H,75,86)(H,76,87)(H,77,88)(H,96,97)(H,98,99)/t27-,28-,29+,30+,35-,36-,37+,38+,39+,40+,43+,44+,45+,46+,47+,48+,49+,50+,51?,52?,53+,54+,61?,62-,63-,64-/m0/s1. The number of amides is 10. The zero-order chi connectivity index (χ0) is 81.5. The number of carboxylic acids is 2. The zero-order valence-corrected chi connectivity index (χ0v) is 61.7. The fourth-order valence-corrected chi connectivity index (χ4v) is 12.2. The fraction of sp³-hybridized carbons (Fsp3) is 0.812. The first-order valence-electron chi connectivity index (χ1n) is 35.6. The Labute approximate surface area is 626 Å². The van der Waals surface area contributed by atoms with Crippen LogP contribution in [0.4, 0.5) is 0 Å². The van der Waals surface area contributed by atoms with Gasteiger partial charge in [0.1, 0.15) is 134 Å².